The molecule has 0 spiro atoms. The number of carbonyl (C=O) groups excluding carboxylic acids is 3. The zero-order valence-electron chi connectivity index (χ0n) is 11.6. The average Bonchev–Trinajstić information content (AvgIpc) is 2.90. The van der Waals surface area contributed by atoms with E-state index in [1.807, 2.05) is 0 Å². The molecule has 0 atom stereocenters. The molecule has 1 aliphatic rings. The fourth-order valence-electron chi connectivity index (χ4n) is 1.79. The number of amides is 3. The van der Waals surface area contributed by atoms with E-state index in [-0.39, 0.29) is 28.8 Å². The van der Waals surface area contributed by atoms with Crippen molar-refractivity contribution < 1.29 is 32.3 Å². The minimum Gasteiger partial charge on any atom is -0.452 e. The van der Waals surface area contributed by atoms with Crippen LogP contribution in [0.2, 0.25) is 0 Å². The van der Waals surface area contributed by atoms with E-state index in [2.05, 4.69) is 5.32 Å². The topological polar surface area (TPSA) is 75.7 Å². The molecule has 3 amide bonds. The molecule has 0 aromatic heterocycles. The van der Waals surface area contributed by atoms with Gasteiger partial charge in [0.25, 0.3) is 5.91 Å². The number of alkyl halides is 3. The first-order chi connectivity index (χ1) is 10.8. The normalized spacial score (nSPS) is 14.6. The zero-order chi connectivity index (χ0) is 17.0. The number of ether oxygens (including phenoxy) is 1. The molecule has 0 unspecified atom stereocenters. The largest absolute Gasteiger partial charge is 0.452 e. The molecule has 124 valence electrons. The van der Waals surface area contributed by atoms with Gasteiger partial charge in [-0.1, -0.05) is 0 Å². The molecule has 1 aromatic rings. The molecule has 0 bridgehead atoms. The second-order valence-electron chi connectivity index (χ2n) is 4.43. The summed E-state index contributed by atoms with van der Waals surface area (Å²) in [5.74, 6) is -1.53. The molecular formula is C13H11F3N2O4S. The zero-order valence-corrected chi connectivity index (χ0v) is 12.4. The molecule has 6 nitrogen and oxygen atoms in total. The molecule has 10 heteroatoms. The molecule has 23 heavy (non-hydrogen) atoms. The number of urea groups is 1. The van der Waals surface area contributed by atoms with E-state index in [0.717, 1.165) is 17.0 Å². The van der Waals surface area contributed by atoms with Gasteiger partial charge in [0.1, 0.15) is 0 Å². The van der Waals surface area contributed by atoms with Gasteiger partial charge in [-0.25, -0.2) is 9.59 Å². The number of hydrogen-bond donors (Lipinski definition) is 1. The molecule has 1 saturated heterocycles. The Balaban J connectivity index is 1.88. The number of esters is 1. The fraction of sp³-hybridized carbons (Fsp3) is 0.308. The summed E-state index contributed by atoms with van der Waals surface area (Å²) in [6.45, 7) is -0.0965. The first-order valence-electron chi connectivity index (χ1n) is 6.37. The number of halogens is 3. The highest BCUT2D eigenvalue weighted by Gasteiger charge is 2.29. The van der Waals surface area contributed by atoms with Crippen LogP contribution in [0.4, 0.5) is 18.0 Å². The van der Waals surface area contributed by atoms with E-state index in [1.54, 1.807) is 0 Å². The lowest BCUT2D eigenvalue weighted by atomic mass is 10.2. The summed E-state index contributed by atoms with van der Waals surface area (Å²) in [6.07, 6.45) is 0. The molecule has 0 saturated carbocycles. The molecule has 1 N–H and O–H groups in total. The predicted octanol–water partition coefficient (Wildman–Crippen LogP) is 2.01. The van der Waals surface area contributed by atoms with Gasteiger partial charge >= 0.3 is 17.5 Å². The van der Waals surface area contributed by atoms with Crippen LogP contribution in [-0.2, 0) is 9.53 Å². The first kappa shape index (κ1) is 17.1. The van der Waals surface area contributed by atoms with Gasteiger partial charge in [0, 0.05) is 18.0 Å². The van der Waals surface area contributed by atoms with Crippen molar-refractivity contribution in [3.05, 3.63) is 29.8 Å². The highest BCUT2D eigenvalue weighted by molar-refractivity contribution is 8.00. The number of imide groups is 1. The Kier molecular flexibility index (Phi) is 5.14. The van der Waals surface area contributed by atoms with E-state index in [4.69, 9.17) is 4.74 Å². The van der Waals surface area contributed by atoms with Gasteiger partial charge in [0.15, 0.2) is 6.61 Å². The van der Waals surface area contributed by atoms with Crippen LogP contribution in [0.3, 0.4) is 0 Å². The molecule has 1 fully saturated rings. The van der Waals surface area contributed by atoms with E-state index in [0.29, 0.717) is 6.54 Å². The number of rotatable bonds is 4. The van der Waals surface area contributed by atoms with E-state index in [9.17, 15) is 27.6 Å². The van der Waals surface area contributed by atoms with Crippen LogP contribution in [0, 0.1) is 0 Å². The maximum absolute atomic E-state index is 12.2. The van der Waals surface area contributed by atoms with Crippen LogP contribution in [0.25, 0.3) is 0 Å². The van der Waals surface area contributed by atoms with Crippen molar-refractivity contribution >= 4 is 29.7 Å². The summed E-state index contributed by atoms with van der Waals surface area (Å²) in [4.78, 5) is 35.5. The summed E-state index contributed by atoms with van der Waals surface area (Å²) < 4.78 is 41.3. The third-order valence-electron chi connectivity index (χ3n) is 2.81. The van der Waals surface area contributed by atoms with E-state index < -0.39 is 30.0 Å². The molecule has 2 rings (SSSR count). The maximum Gasteiger partial charge on any atom is 0.446 e. The smallest absolute Gasteiger partial charge is 0.446 e. The Labute approximate surface area is 133 Å². The van der Waals surface area contributed by atoms with Gasteiger partial charge in [-0.3, -0.25) is 9.69 Å². The molecule has 1 aliphatic heterocycles. The second-order valence-corrected chi connectivity index (χ2v) is 5.56. The molecular weight excluding hydrogens is 337 g/mol. The summed E-state index contributed by atoms with van der Waals surface area (Å²) >= 11 is -0.301. The predicted molar refractivity (Wildman–Crippen MR) is 73.7 cm³/mol. The number of thioether (sulfide) groups is 1. The van der Waals surface area contributed by atoms with Crippen molar-refractivity contribution in [3.63, 3.8) is 0 Å². The lowest BCUT2D eigenvalue weighted by Gasteiger charge is -2.12. The number of nitrogens with zero attached hydrogens (tertiary/aromatic N) is 1. The number of benzene rings is 1. The Morgan fingerprint density at radius 2 is 1.91 bits per heavy atom. The molecule has 1 aromatic carbocycles. The van der Waals surface area contributed by atoms with Crippen molar-refractivity contribution in [2.75, 3.05) is 19.7 Å². The number of hydrogen-bond acceptors (Lipinski definition) is 5. The highest BCUT2D eigenvalue weighted by Crippen LogP contribution is 2.36. The Morgan fingerprint density at radius 1 is 1.26 bits per heavy atom. The lowest BCUT2D eigenvalue weighted by Crippen LogP contribution is -2.37. The highest BCUT2D eigenvalue weighted by atomic mass is 32.2. The average molecular weight is 348 g/mol. The Hall–Kier alpha value is -2.23. The monoisotopic (exact) mass is 348 g/mol. The van der Waals surface area contributed by atoms with Gasteiger partial charge in [-0.2, -0.15) is 13.2 Å². The van der Waals surface area contributed by atoms with Crippen LogP contribution in [0.5, 0.6) is 0 Å². The van der Waals surface area contributed by atoms with Gasteiger partial charge in [0.05, 0.1) is 5.56 Å². The summed E-state index contributed by atoms with van der Waals surface area (Å²) in [5, 5.41) is 2.43. The summed E-state index contributed by atoms with van der Waals surface area (Å²) in [7, 11) is 0. The van der Waals surface area contributed by atoms with Crippen molar-refractivity contribution in [3.8, 4) is 0 Å². The van der Waals surface area contributed by atoms with Crippen molar-refractivity contribution in [1.29, 1.82) is 0 Å². The molecule has 1 heterocycles. The third kappa shape index (κ3) is 4.88. The fourth-order valence-corrected chi connectivity index (χ4v) is 2.33. The van der Waals surface area contributed by atoms with Crippen molar-refractivity contribution in [1.82, 2.24) is 10.2 Å². The van der Waals surface area contributed by atoms with E-state index in [1.165, 1.54) is 12.1 Å². The third-order valence-corrected chi connectivity index (χ3v) is 3.55. The molecule has 0 radical (unpaired) electrons. The van der Waals surface area contributed by atoms with Gasteiger partial charge in [-0.05, 0) is 36.0 Å². The van der Waals surface area contributed by atoms with Crippen LogP contribution in [0.15, 0.2) is 29.2 Å². The number of nitrogens with one attached hydrogen (secondary N) is 1. The maximum atomic E-state index is 12.2. The number of carbonyl (C=O) groups is 3. The summed E-state index contributed by atoms with van der Waals surface area (Å²) in [5.41, 5.74) is -4.40. The Bertz CT molecular complexity index is 619. The first-order valence-corrected chi connectivity index (χ1v) is 7.19. The van der Waals surface area contributed by atoms with Crippen LogP contribution in [-0.4, -0.2) is 48.0 Å². The van der Waals surface area contributed by atoms with Crippen molar-refractivity contribution in [2.45, 2.75) is 10.4 Å². The van der Waals surface area contributed by atoms with Gasteiger partial charge < -0.3 is 10.1 Å². The Morgan fingerprint density at radius 3 is 2.43 bits per heavy atom. The standard InChI is InChI=1S/C13H11F3N2O4S/c14-13(15,16)23-9-3-1-8(2-4-9)11(20)22-7-10(19)18-6-5-17-12(18)21/h1-4H,5-7H2,(H,17,21). The van der Waals surface area contributed by atoms with Crippen LogP contribution >= 0.6 is 11.8 Å². The second kappa shape index (κ2) is 6.90. The minimum atomic E-state index is -4.41. The van der Waals surface area contributed by atoms with E-state index >= 15 is 0 Å². The van der Waals surface area contributed by atoms with Gasteiger partial charge in [-0.15, -0.1) is 0 Å². The quantitative estimate of drug-likeness (QED) is 0.665. The SMILES string of the molecule is O=C(OCC(=O)N1CCNC1=O)c1ccc(SC(F)(F)F)cc1. The molecule has 0 aliphatic carbocycles. The lowest BCUT2D eigenvalue weighted by molar-refractivity contribution is -0.130. The summed E-state index contributed by atoms with van der Waals surface area (Å²) in [6, 6.07) is 4.04. The van der Waals surface area contributed by atoms with Crippen molar-refractivity contribution in [2.24, 2.45) is 0 Å². The van der Waals surface area contributed by atoms with Crippen LogP contribution in [0.1, 0.15) is 10.4 Å². The van der Waals surface area contributed by atoms with Gasteiger partial charge in [0.2, 0.25) is 0 Å². The minimum absolute atomic E-state index is 0.00944. The van der Waals surface area contributed by atoms with Crippen LogP contribution < -0.4 is 5.32 Å².